The summed E-state index contributed by atoms with van der Waals surface area (Å²) in [7, 11) is 5.03. The summed E-state index contributed by atoms with van der Waals surface area (Å²) in [6.45, 7) is 0. The molecule has 0 bridgehead atoms. The minimum Gasteiger partial charge on any atom is -0.496 e. The van der Waals surface area contributed by atoms with Crippen molar-refractivity contribution >= 4 is 17.4 Å². The Balaban J connectivity index is 2.56. The van der Waals surface area contributed by atoms with E-state index in [-0.39, 0.29) is 11.3 Å². The minimum atomic E-state index is -1.03. The number of carboxylic acid groups (broad SMARTS) is 1. The van der Waals surface area contributed by atoms with Crippen molar-refractivity contribution in [1.29, 1.82) is 0 Å². The van der Waals surface area contributed by atoms with Crippen molar-refractivity contribution in [2.75, 3.05) is 26.1 Å². The maximum absolute atomic E-state index is 12.8. The molecule has 2 aromatic carbocycles. The molecule has 0 unspecified atom stereocenters. The summed E-state index contributed by atoms with van der Waals surface area (Å²) >= 11 is 0. The Morgan fingerprint density at radius 1 is 1.05 bits per heavy atom. The molecule has 0 amide bonds. The van der Waals surface area contributed by atoms with Crippen LogP contribution in [-0.2, 0) is 0 Å². The number of ether oxygens (including phenoxy) is 1. The SMILES string of the molecule is COc1ccccc1C(=O)c1ccc(C(=O)O)cc1N(C)C. The number of anilines is 1. The molecule has 22 heavy (non-hydrogen) atoms. The number of para-hydroxylation sites is 1. The van der Waals surface area contributed by atoms with Crippen LogP contribution in [0.4, 0.5) is 5.69 Å². The molecular weight excluding hydrogens is 282 g/mol. The van der Waals surface area contributed by atoms with Crippen LogP contribution in [0.1, 0.15) is 26.3 Å². The van der Waals surface area contributed by atoms with Crippen LogP contribution in [0.3, 0.4) is 0 Å². The van der Waals surface area contributed by atoms with Gasteiger partial charge in [-0.3, -0.25) is 4.79 Å². The number of ketones is 1. The summed E-state index contributed by atoms with van der Waals surface area (Å²) in [5.41, 5.74) is 1.56. The van der Waals surface area contributed by atoms with E-state index in [2.05, 4.69) is 0 Å². The number of nitrogens with zero attached hydrogens (tertiary/aromatic N) is 1. The van der Waals surface area contributed by atoms with Gasteiger partial charge in [0.15, 0.2) is 5.78 Å². The molecule has 0 fully saturated rings. The van der Waals surface area contributed by atoms with E-state index in [0.717, 1.165) is 0 Å². The first kappa shape index (κ1) is 15.6. The summed E-state index contributed by atoms with van der Waals surface area (Å²) in [5, 5.41) is 9.10. The van der Waals surface area contributed by atoms with Gasteiger partial charge in [-0.2, -0.15) is 0 Å². The molecule has 0 aliphatic carbocycles. The zero-order valence-corrected chi connectivity index (χ0v) is 12.7. The third kappa shape index (κ3) is 2.93. The van der Waals surface area contributed by atoms with E-state index in [1.807, 2.05) is 0 Å². The highest BCUT2D eigenvalue weighted by Crippen LogP contribution is 2.27. The fraction of sp³-hybridized carbons (Fsp3) is 0.176. The van der Waals surface area contributed by atoms with Crippen molar-refractivity contribution in [1.82, 2.24) is 0 Å². The number of carbonyl (C=O) groups excluding carboxylic acids is 1. The van der Waals surface area contributed by atoms with E-state index >= 15 is 0 Å². The van der Waals surface area contributed by atoms with Gasteiger partial charge in [-0.15, -0.1) is 0 Å². The monoisotopic (exact) mass is 299 g/mol. The second-order valence-electron chi connectivity index (χ2n) is 4.96. The Bertz CT molecular complexity index is 722. The summed E-state index contributed by atoms with van der Waals surface area (Å²) in [5.74, 6) is -0.753. The van der Waals surface area contributed by atoms with Crippen LogP contribution in [0.15, 0.2) is 42.5 Å². The van der Waals surface area contributed by atoms with Crippen molar-refractivity contribution in [3.8, 4) is 5.75 Å². The maximum atomic E-state index is 12.8. The highest BCUT2D eigenvalue weighted by molar-refractivity contribution is 6.14. The van der Waals surface area contributed by atoms with Crippen LogP contribution < -0.4 is 9.64 Å². The van der Waals surface area contributed by atoms with Crippen LogP contribution in [-0.4, -0.2) is 38.1 Å². The highest BCUT2D eigenvalue weighted by Gasteiger charge is 2.19. The third-order valence-electron chi connectivity index (χ3n) is 3.32. The van der Waals surface area contributed by atoms with Crippen molar-refractivity contribution in [3.63, 3.8) is 0 Å². The van der Waals surface area contributed by atoms with Gasteiger partial charge < -0.3 is 14.7 Å². The number of benzene rings is 2. The fourth-order valence-electron chi connectivity index (χ4n) is 2.20. The average molecular weight is 299 g/mol. The summed E-state index contributed by atoms with van der Waals surface area (Å²) in [4.78, 5) is 25.6. The molecule has 0 aromatic heterocycles. The Morgan fingerprint density at radius 2 is 1.73 bits per heavy atom. The molecule has 1 N–H and O–H groups in total. The van der Waals surface area contributed by atoms with Gasteiger partial charge in [0.1, 0.15) is 5.75 Å². The summed E-state index contributed by atoms with van der Waals surface area (Å²) in [6, 6.07) is 11.4. The van der Waals surface area contributed by atoms with E-state index in [1.54, 1.807) is 43.3 Å². The van der Waals surface area contributed by atoms with Gasteiger partial charge in [0, 0.05) is 25.3 Å². The van der Waals surface area contributed by atoms with E-state index in [1.165, 1.54) is 25.3 Å². The van der Waals surface area contributed by atoms with Crippen LogP contribution in [0.5, 0.6) is 5.75 Å². The van der Waals surface area contributed by atoms with E-state index in [0.29, 0.717) is 22.6 Å². The average Bonchev–Trinajstić information content (AvgIpc) is 2.53. The first-order valence-electron chi connectivity index (χ1n) is 6.68. The van der Waals surface area contributed by atoms with Crippen molar-refractivity contribution in [2.24, 2.45) is 0 Å². The first-order chi connectivity index (χ1) is 10.5. The standard InChI is InChI=1S/C17H17NO4/c1-18(2)14-10-11(17(20)21)8-9-12(14)16(19)13-6-4-5-7-15(13)22-3/h4-10H,1-3H3,(H,20,21). The van der Waals surface area contributed by atoms with Gasteiger partial charge >= 0.3 is 5.97 Å². The molecule has 5 heteroatoms. The number of hydrogen-bond acceptors (Lipinski definition) is 4. The quantitative estimate of drug-likeness (QED) is 0.860. The molecule has 0 saturated heterocycles. The maximum Gasteiger partial charge on any atom is 0.335 e. The molecule has 0 aliphatic rings. The molecule has 5 nitrogen and oxygen atoms in total. The zero-order valence-electron chi connectivity index (χ0n) is 12.7. The van der Waals surface area contributed by atoms with Gasteiger partial charge in [0.25, 0.3) is 0 Å². The molecule has 0 heterocycles. The Hall–Kier alpha value is -2.82. The Morgan fingerprint density at radius 3 is 2.32 bits per heavy atom. The lowest BCUT2D eigenvalue weighted by Crippen LogP contribution is -2.16. The second-order valence-corrected chi connectivity index (χ2v) is 4.96. The van der Waals surface area contributed by atoms with Crippen LogP contribution in [0.25, 0.3) is 0 Å². The van der Waals surface area contributed by atoms with Gasteiger partial charge in [0.05, 0.1) is 18.2 Å². The highest BCUT2D eigenvalue weighted by atomic mass is 16.5. The van der Waals surface area contributed by atoms with Gasteiger partial charge in [-0.1, -0.05) is 12.1 Å². The second kappa shape index (κ2) is 6.30. The van der Waals surface area contributed by atoms with Gasteiger partial charge in [-0.25, -0.2) is 4.79 Å². The molecule has 0 atom stereocenters. The largest absolute Gasteiger partial charge is 0.496 e. The predicted molar refractivity (Wildman–Crippen MR) is 84.2 cm³/mol. The summed E-state index contributed by atoms with van der Waals surface area (Å²) < 4.78 is 5.22. The van der Waals surface area contributed by atoms with E-state index in [4.69, 9.17) is 9.84 Å². The molecule has 0 aliphatic heterocycles. The molecule has 114 valence electrons. The number of carbonyl (C=O) groups is 2. The van der Waals surface area contributed by atoms with E-state index < -0.39 is 5.97 Å². The first-order valence-corrected chi connectivity index (χ1v) is 6.68. The molecule has 2 aromatic rings. The molecule has 0 radical (unpaired) electrons. The lowest BCUT2D eigenvalue weighted by Gasteiger charge is -2.18. The third-order valence-corrected chi connectivity index (χ3v) is 3.32. The van der Waals surface area contributed by atoms with Crippen molar-refractivity contribution < 1.29 is 19.4 Å². The summed E-state index contributed by atoms with van der Waals surface area (Å²) in [6.07, 6.45) is 0. The van der Waals surface area contributed by atoms with Gasteiger partial charge in [-0.05, 0) is 30.3 Å². The zero-order chi connectivity index (χ0) is 16.3. The minimum absolute atomic E-state index is 0.139. The smallest absolute Gasteiger partial charge is 0.335 e. The molecule has 0 saturated carbocycles. The normalized spacial score (nSPS) is 10.1. The van der Waals surface area contributed by atoms with Crippen molar-refractivity contribution in [3.05, 3.63) is 59.2 Å². The van der Waals surface area contributed by atoms with Crippen LogP contribution in [0.2, 0.25) is 0 Å². The molecular formula is C17H17NO4. The molecule has 2 rings (SSSR count). The number of hydrogen-bond donors (Lipinski definition) is 1. The van der Waals surface area contributed by atoms with Crippen LogP contribution >= 0.6 is 0 Å². The molecule has 0 spiro atoms. The number of methoxy groups -OCH3 is 1. The fourth-order valence-corrected chi connectivity index (χ4v) is 2.20. The topological polar surface area (TPSA) is 66.8 Å². The van der Waals surface area contributed by atoms with Gasteiger partial charge in [0.2, 0.25) is 0 Å². The lowest BCUT2D eigenvalue weighted by atomic mass is 9.98. The Labute approximate surface area is 128 Å². The Kier molecular flexibility index (Phi) is 4.46. The lowest BCUT2D eigenvalue weighted by molar-refractivity contribution is 0.0696. The number of rotatable bonds is 5. The predicted octanol–water partition coefficient (Wildman–Crippen LogP) is 2.69. The van der Waals surface area contributed by atoms with Crippen LogP contribution in [0, 0.1) is 0 Å². The van der Waals surface area contributed by atoms with Crippen molar-refractivity contribution in [2.45, 2.75) is 0 Å². The number of aromatic carboxylic acids is 1. The number of carboxylic acids is 1. The van der Waals surface area contributed by atoms with E-state index in [9.17, 15) is 9.59 Å².